The molecule has 0 radical (unpaired) electrons. The van der Waals surface area contributed by atoms with Crippen LogP contribution in [0, 0.1) is 0 Å². The number of anilines is 2. The fraction of sp³-hybridized carbons (Fsp3) is 0.600. The zero-order chi connectivity index (χ0) is 15.1. The van der Waals surface area contributed by atoms with Crippen molar-refractivity contribution < 1.29 is 9.53 Å². The van der Waals surface area contributed by atoms with Crippen molar-refractivity contribution in [3.8, 4) is 0 Å². The Morgan fingerprint density at radius 3 is 2.95 bits per heavy atom. The van der Waals surface area contributed by atoms with Crippen molar-refractivity contribution in [2.24, 2.45) is 0 Å². The number of aromatic nitrogens is 1. The Bertz CT molecular complexity index is 441. The molecule has 0 aromatic carbocycles. The minimum atomic E-state index is -0.323. The van der Waals surface area contributed by atoms with Crippen LogP contribution < -0.4 is 10.6 Å². The van der Waals surface area contributed by atoms with Crippen LogP contribution in [0.4, 0.5) is 11.5 Å². The second kappa shape index (κ2) is 7.95. The van der Waals surface area contributed by atoms with Crippen LogP contribution in [0.2, 0.25) is 0 Å². The first-order valence-electron chi connectivity index (χ1n) is 7.42. The van der Waals surface area contributed by atoms with Gasteiger partial charge in [0, 0.05) is 13.2 Å². The molecule has 0 saturated carbocycles. The van der Waals surface area contributed by atoms with Gasteiger partial charge in [-0.05, 0) is 52.0 Å². The molecule has 2 heterocycles. The fourth-order valence-corrected chi connectivity index (χ4v) is 2.19. The standard InChI is InChI=1S/C15H24N4O2/c1-19(2)9-4-8-16-12-6-7-14(17-11-12)18-15(20)13-5-3-10-21-13/h6-7,11,13,16H,3-5,8-10H2,1-2H3,(H,17,18,20). The second-order valence-corrected chi connectivity index (χ2v) is 5.51. The molecule has 21 heavy (non-hydrogen) atoms. The highest BCUT2D eigenvalue weighted by Gasteiger charge is 2.23. The SMILES string of the molecule is CN(C)CCCNc1ccc(NC(=O)C2CCCO2)nc1. The number of nitrogens with zero attached hydrogens (tertiary/aromatic N) is 2. The van der Waals surface area contributed by atoms with Crippen molar-refractivity contribution in [1.29, 1.82) is 0 Å². The van der Waals surface area contributed by atoms with Crippen LogP contribution in [0.15, 0.2) is 18.3 Å². The van der Waals surface area contributed by atoms with Crippen molar-refractivity contribution in [3.05, 3.63) is 18.3 Å². The van der Waals surface area contributed by atoms with Gasteiger partial charge in [0.15, 0.2) is 0 Å². The molecule has 1 saturated heterocycles. The zero-order valence-corrected chi connectivity index (χ0v) is 12.8. The summed E-state index contributed by atoms with van der Waals surface area (Å²) in [6, 6.07) is 3.73. The average molecular weight is 292 g/mol. The second-order valence-electron chi connectivity index (χ2n) is 5.51. The number of hydrogen-bond donors (Lipinski definition) is 2. The van der Waals surface area contributed by atoms with Gasteiger partial charge in [0.2, 0.25) is 0 Å². The van der Waals surface area contributed by atoms with Gasteiger partial charge in [-0.2, -0.15) is 0 Å². The van der Waals surface area contributed by atoms with Crippen LogP contribution in [0.25, 0.3) is 0 Å². The highest BCUT2D eigenvalue weighted by molar-refractivity contribution is 5.93. The summed E-state index contributed by atoms with van der Waals surface area (Å²) in [6.45, 7) is 2.62. The van der Waals surface area contributed by atoms with Crippen LogP contribution in [0.5, 0.6) is 0 Å². The van der Waals surface area contributed by atoms with Gasteiger partial charge in [0.1, 0.15) is 11.9 Å². The number of carbonyl (C=O) groups is 1. The number of nitrogens with one attached hydrogen (secondary N) is 2. The van der Waals surface area contributed by atoms with E-state index in [4.69, 9.17) is 4.74 Å². The van der Waals surface area contributed by atoms with Gasteiger partial charge in [-0.1, -0.05) is 0 Å². The molecular formula is C15H24N4O2. The minimum Gasteiger partial charge on any atom is -0.384 e. The van der Waals surface area contributed by atoms with Gasteiger partial charge in [-0.25, -0.2) is 4.98 Å². The van der Waals surface area contributed by atoms with E-state index in [1.165, 1.54) is 0 Å². The van der Waals surface area contributed by atoms with Crippen LogP contribution >= 0.6 is 0 Å². The summed E-state index contributed by atoms with van der Waals surface area (Å²) >= 11 is 0. The third kappa shape index (κ3) is 5.32. The average Bonchev–Trinajstić information content (AvgIpc) is 2.99. The van der Waals surface area contributed by atoms with Crippen molar-refractivity contribution in [2.75, 3.05) is 44.4 Å². The highest BCUT2D eigenvalue weighted by Crippen LogP contribution is 2.15. The summed E-state index contributed by atoms with van der Waals surface area (Å²) in [5, 5.41) is 6.09. The van der Waals surface area contributed by atoms with E-state index < -0.39 is 0 Å². The number of pyridine rings is 1. The first kappa shape index (κ1) is 15.7. The largest absolute Gasteiger partial charge is 0.384 e. The zero-order valence-electron chi connectivity index (χ0n) is 12.8. The van der Waals surface area contributed by atoms with Gasteiger partial charge in [-0.15, -0.1) is 0 Å². The lowest BCUT2D eigenvalue weighted by Gasteiger charge is -2.12. The summed E-state index contributed by atoms with van der Waals surface area (Å²) < 4.78 is 5.34. The fourth-order valence-electron chi connectivity index (χ4n) is 2.19. The maximum atomic E-state index is 11.9. The lowest BCUT2D eigenvalue weighted by atomic mass is 10.2. The molecule has 1 aliphatic rings. The van der Waals surface area contributed by atoms with Gasteiger partial charge in [0.25, 0.3) is 5.91 Å². The van der Waals surface area contributed by atoms with Crippen LogP contribution in [0.3, 0.4) is 0 Å². The van der Waals surface area contributed by atoms with E-state index in [0.29, 0.717) is 12.4 Å². The topological polar surface area (TPSA) is 66.5 Å². The normalized spacial score (nSPS) is 18.0. The smallest absolute Gasteiger partial charge is 0.254 e. The molecular weight excluding hydrogens is 268 g/mol. The summed E-state index contributed by atoms with van der Waals surface area (Å²) in [7, 11) is 4.13. The van der Waals surface area contributed by atoms with Crippen molar-refractivity contribution in [2.45, 2.75) is 25.4 Å². The Balaban J connectivity index is 1.74. The molecule has 1 amide bonds. The lowest BCUT2D eigenvalue weighted by Crippen LogP contribution is -2.27. The number of ether oxygens (including phenoxy) is 1. The van der Waals surface area contributed by atoms with Crippen LogP contribution in [0.1, 0.15) is 19.3 Å². The molecule has 1 aromatic rings. The predicted molar refractivity (Wildman–Crippen MR) is 83.5 cm³/mol. The molecule has 1 aromatic heterocycles. The van der Waals surface area contributed by atoms with Crippen molar-refractivity contribution in [1.82, 2.24) is 9.88 Å². The minimum absolute atomic E-state index is 0.105. The van der Waals surface area contributed by atoms with Crippen molar-refractivity contribution in [3.63, 3.8) is 0 Å². The molecule has 2 N–H and O–H groups in total. The molecule has 0 bridgehead atoms. The third-order valence-corrected chi connectivity index (χ3v) is 3.35. The Morgan fingerprint density at radius 2 is 2.33 bits per heavy atom. The van der Waals surface area contributed by atoms with E-state index in [-0.39, 0.29) is 12.0 Å². The quantitative estimate of drug-likeness (QED) is 0.747. The van der Waals surface area contributed by atoms with Gasteiger partial charge in [-0.3, -0.25) is 4.79 Å². The Hall–Kier alpha value is -1.66. The molecule has 1 aliphatic heterocycles. The van der Waals surface area contributed by atoms with Crippen molar-refractivity contribution >= 4 is 17.4 Å². The first-order valence-corrected chi connectivity index (χ1v) is 7.42. The monoisotopic (exact) mass is 292 g/mol. The van der Waals surface area contributed by atoms with E-state index in [1.807, 2.05) is 6.07 Å². The molecule has 2 rings (SSSR count). The maximum Gasteiger partial charge on any atom is 0.254 e. The molecule has 116 valence electrons. The summed E-state index contributed by atoms with van der Waals surface area (Å²) in [6.07, 6.45) is 4.22. The molecule has 1 fully saturated rings. The Kier molecular flexibility index (Phi) is 5.95. The van der Waals surface area contributed by atoms with Crippen LogP contribution in [-0.4, -0.2) is 55.7 Å². The highest BCUT2D eigenvalue weighted by atomic mass is 16.5. The summed E-state index contributed by atoms with van der Waals surface area (Å²) in [5.74, 6) is 0.459. The molecule has 0 spiro atoms. The van der Waals surface area contributed by atoms with Gasteiger partial charge in [0.05, 0.1) is 11.9 Å². The summed E-state index contributed by atoms with van der Waals surface area (Å²) in [4.78, 5) is 18.3. The number of hydrogen-bond acceptors (Lipinski definition) is 5. The molecule has 1 atom stereocenters. The first-order chi connectivity index (χ1) is 10.1. The van der Waals surface area contributed by atoms with Gasteiger partial charge >= 0.3 is 0 Å². The number of rotatable bonds is 7. The van der Waals surface area contributed by atoms with E-state index >= 15 is 0 Å². The third-order valence-electron chi connectivity index (χ3n) is 3.35. The lowest BCUT2D eigenvalue weighted by molar-refractivity contribution is -0.124. The van der Waals surface area contributed by atoms with Gasteiger partial charge < -0.3 is 20.3 Å². The Labute approximate surface area is 125 Å². The maximum absolute atomic E-state index is 11.9. The van der Waals surface area contributed by atoms with E-state index in [0.717, 1.165) is 38.0 Å². The predicted octanol–water partition coefficient (Wildman–Crippen LogP) is 1.56. The Morgan fingerprint density at radius 1 is 1.48 bits per heavy atom. The molecule has 0 aliphatic carbocycles. The number of amides is 1. The molecule has 6 nitrogen and oxygen atoms in total. The van der Waals surface area contributed by atoms with E-state index in [9.17, 15) is 4.79 Å². The van der Waals surface area contributed by atoms with E-state index in [1.54, 1.807) is 12.3 Å². The summed E-state index contributed by atoms with van der Waals surface area (Å²) in [5.41, 5.74) is 0.962. The van der Waals surface area contributed by atoms with Crippen LogP contribution in [-0.2, 0) is 9.53 Å². The van der Waals surface area contributed by atoms with E-state index in [2.05, 4.69) is 34.6 Å². The molecule has 6 heteroatoms. The number of carbonyl (C=O) groups excluding carboxylic acids is 1. The molecule has 1 unspecified atom stereocenters.